The highest BCUT2D eigenvalue weighted by Crippen LogP contribution is 2.04. The Kier molecular flexibility index (Phi) is 10.1. The van der Waals surface area contributed by atoms with Crippen LogP contribution in [0.2, 0.25) is 0 Å². The summed E-state index contributed by atoms with van der Waals surface area (Å²) in [4.78, 5) is 12.0. The van der Waals surface area contributed by atoms with Crippen molar-refractivity contribution < 1.29 is 4.79 Å². The van der Waals surface area contributed by atoms with Gasteiger partial charge in [0.2, 0.25) is 6.41 Å². The minimum Gasteiger partial charge on any atom is -0.359 e. The van der Waals surface area contributed by atoms with E-state index in [2.05, 4.69) is 24.2 Å². The minimum absolute atomic E-state index is 0.732. The van der Waals surface area contributed by atoms with Crippen molar-refractivity contribution in [3.63, 3.8) is 0 Å². The number of nitrogens with zero attached hydrogens (tertiary/aromatic N) is 1. The Morgan fingerprint density at radius 2 is 1.93 bits per heavy atom. The summed E-state index contributed by atoms with van der Waals surface area (Å²) >= 11 is 0. The van der Waals surface area contributed by atoms with Gasteiger partial charge in [-0.25, -0.2) is 0 Å². The predicted molar refractivity (Wildman–Crippen MR) is 60.3 cm³/mol. The first kappa shape index (κ1) is 13.4. The second-order valence-corrected chi connectivity index (χ2v) is 3.79. The first-order valence-corrected chi connectivity index (χ1v) is 5.66. The Morgan fingerprint density at radius 3 is 2.29 bits per heavy atom. The maximum atomic E-state index is 9.57. The van der Waals surface area contributed by atoms with Crippen LogP contribution in [0.5, 0.6) is 0 Å². The summed E-state index contributed by atoms with van der Waals surface area (Å²) in [6, 6.07) is 0. The molecule has 14 heavy (non-hydrogen) atoms. The quantitative estimate of drug-likeness (QED) is 0.552. The lowest BCUT2D eigenvalue weighted by Gasteiger charge is -2.20. The summed E-state index contributed by atoms with van der Waals surface area (Å²) in [5.41, 5.74) is 0. The number of carbonyl (C=O) groups is 1. The van der Waals surface area contributed by atoms with Gasteiger partial charge in [0.05, 0.1) is 0 Å². The first-order valence-electron chi connectivity index (χ1n) is 5.66. The average molecular weight is 200 g/mol. The van der Waals surface area contributed by atoms with E-state index in [1.165, 1.54) is 32.4 Å². The molecule has 1 saturated heterocycles. The molecule has 1 amide bonds. The number of hydrogen-bond donors (Lipinski definition) is 1. The van der Waals surface area contributed by atoms with Crippen LogP contribution in [0.15, 0.2) is 0 Å². The van der Waals surface area contributed by atoms with Crippen LogP contribution in [0, 0.1) is 0 Å². The molecule has 0 unspecified atom stereocenters. The van der Waals surface area contributed by atoms with Gasteiger partial charge in [-0.15, -0.1) is 0 Å². The zero-order valence-corrected chi connectivity index (χ0v) is 9.59. The fraction of sp³-hybridized carbons (Fsp3) is 0.909. The molecule has 0 aliphatic carbocycles. The summed E-state index contributed by atoms with van der Waals surface area (Å²) in [5.74, 6) is 0. The van der Waals surface area contributed by atoms with Gasteiger partial charge in [-0.05, 0) is 39.4 Å². The zero-order chi connectivity index (χ0) is 10.6. The maximum absolute atomic E-state index is 9.57. The minimum atomic E-state index is 0.732. The maximum Gasteiger partial charge on any atom is 0.207 e. The van der Waals surface area contributed by atoms with Gasteiger partial charge in [-0.2, -0.15) is 0 Å². The van der Waals surface area contributed by atoms with E-state index >= 15 is 0 Å². The molecule has 0 aromatic carbocycles. The lowest BCUT2D eigenvalue weighted by Crippen LogP contribution is -2.24. The summed E-state index contributed by atoms with van der Waals surface area (Å²) in [5, 5.41) is 2.57. The molecular formula is C11H24N2O. The van der Waals surface area contributed by atoms with E-state index in [1.807, 2.05) is 0 Å². The van der Waals surface area contributed by atoms with Gasteiger partial charge in [-0.1, -0.05) is 19.8 Å². The van der Waals surface area contributed by atoms with Gasteiger partial charge >= 0.3 is 0 Å². The Labute approximate surface area is 87.9 Å². The van der Waals surface area contributed by atoms with Crippen LogP contribution >= 0.6 is 0 Å². The second kappa shape index (κ2) is 10.5. The van der Waals surface area contributed by atoms with Crippen molar-refractivity contribution in [2.45, 2.75) is 39.0 Å². The third kappa shape index (κ3) is 9.52. The molecule has 3 nitrogen and oxygen atoms in total. The van der Waals surface area contributed by atoms with Crippen LogP contribution < -0.4 is 5.32 Å². The Bertz CT molecular complexity index is 122. The van der Waals surface area contributed by atoms with Crippen molar-refractivity contribution in [2.24, 2.45) is 0 Å². The van der Waals surface area contributed by atoms with Crippen molar-refractivity contribution in [3.05, 3.63) is 0 Å². The van der Waals surface area contributed by atoms with Gasteiger partial charge in [-0.3, -0.25) is 4.79 Å². The summed E-state index contributed by atoms with van der Waals surface area (Å²) in [6.07, 6.45) is 7.23. The van der Waals surface area contributed by atoms with E-state index in [1.54, 1.807) is 0 Å². The fourth-order valence-electron chi connectivity index (χ4n) is 1.39. The summed E-state index contributed by atoms with van der Waals surface area (Å²) < 4.78 is 0. The molecule has 1 aliphatic heterocycles. The number of likely N-dealkylation sites (tertiary alicyclic amines) is 1. The monoisotopic (exact) mass is 200 g/mol. The topological polar surface area (TPSA) is 32.3 Å². The molecule has 0 bridgehead atoms. The second-order valence-electron chi connectivity index (χ2n) is 3.79. The molecule has 0 radical (unpaired) electrons. The third-order valence-corrected chi connectivity index (χ3v) is 2.34. The molecule has 1 aliphatic rings. The van der Waals surface area contributed by atoms with E-state index in [4.69, 9.17) is 0 Å². The van der Waals surface area contributed by atoms with Crippen LogP contribution in [-0.4, -0.2) is 38.0 Å². The molecule has 1 fully saturated rings. The average Bonchev–Trinajstić information content (AvgIpc) is 2.21. The van der Waals surface area contributed by atoms with E-state index < -0.39 is 0 Å². The number of piperidine rings is 1. The van der Waals surface area contributed by atoms with E-state index in [-0.39, 0.29) is 0 Å². The van der Waals surface area contributed by atoms with Crippen LogP contribution in [0.1, 0.15) is 39.0 Å². The van der Waals surface area contributed by atoms with Crippen molar-refractivity contribution >= 4 is 6.41 Å². The Balaban J connectivity index is 0.000000241. The van der Waals surface area contributed by atoms with Gasteiger partial charge in [0.1, 0.15) is 0 Å². The number of hydrogen-bond acceptors (Lipinski definition) is 2. The lowest BCUT2D eigenvalue weighted by molar-refractivity contribution is -0.109. The molecule has 0 atom stereocenters. The van der Waals surface area contributed by atoms with Gasteiger partial charge in [0.25, 0.3) is 0 Å². The largest absolute Gasteiger partial charge is 0.359 e. The smallest absolute Gasteiger partial charge is 0.207 e. The van der Waals surface area contributed by atoms with Crippen molar-refractivity contribution in [3.8, 4) is 0 Å². The highest BCUT2D eigenvalue weighted by atomic mass is 16.1. The first-order chi connectivity index (χ1) is 6.81. The third-order valence-electron chi connectivity index (χ3n) is 2.34. The number of rotatable bonds is 4. The predicted octanol–water partition coefficient (Wildman–Crippen LogP) is 1.63. The molecule has 3 heteroatoms. The molecular weight excluding hydrogens is 176 g/mol. The van der Waals surface area contributed by atoms with Crippen molar-refractivity contribution in [2.75, 3.05) is 26.7 Å². The van der Waals surface area contributed by atoms with Crippen molar-refractivity contribution in [1.82, 2.24) is 10.2 Å². The summed E-state index contributed by atoms with van der Waals surface area (Å²) in [7, 11) is 2.19. The van der Waals surface area contributed by atoms with Crippen LogP contribution in [0.3, 0.4) is 0 Å². The number of nitrogens with one attached hydrogen (secondary N) is 1. The van der Waals surface area contributed by atoms with E-state index in [0.717, 1.165) is 25.8 Å². The highest BCUT2D eigenvalue weighted by Gasteiger charge is 2.02. The van der Waals surface area contributed by atoms with Crippen LogP contribution in [0.25, 0.3) is 0 Å². The van der Waals surface area contributed by atoms with E-state index in [9.17, 15) is 4.79 Å². The Morgan fingerprint density at radius 1 is 1.29 bits per heavy atom. The molecule has 0 spiro atoms. The normalized spacial score (nSPS) is 16.7. The van der Waals surface area contributed by atoms with Crippen LogP contribution in [-0.2, 0) is 4.79 Å². The number of unbranched alkanes of at least 4 members (excludes halogenated alkanes) is 1. The van der Waals surface area contributed by atoms with Gasteiger partial charge in [0, 0.05) is 6.54 Å². The molecule has 0 saturated carbocycles. The van der Waals surface area contributed by atoms with Crippen LogP contribution in [0.4, 0.5) is 0 Å². The molecule has 1 rings (SSSR count). The number of amides is 1. The summed E-state index contributed by atoms with van der Waals surface area (Å²) in [6.45, 7) is 5.55. The molecule has 84 valence electrons. The SMILES string of the molecule is CCCCNC=O.CN1CCCCC1. The molecule has 1 N–H and O–H groups in total. The highest BCUT2D eigenvalue weighted by molar-refractivity contribution is 5.45. The fourth-order valence-corrected chi connectivity index (χ4v) is 1.39. The van der Waals surface area contributed by atoms with Crippen molar-refractivity contribution in [1.29, 1.82) is 0 Å². The van der Waals surface area contributed by atoms with Gasteiger partial charge in [0.15, 0.2) is 0 Å². The molecule has 0 aromatic heterocycles. The van der Waals surface area contributed by atoms with E-state index in [0.29, 0.717) is 0 Å². The zero-order valence-electron chi connectivity index (χ0n) is 9.59. The standard InChI is InChI=1S/C6H13N.C5H11NO/c1-7-5-3-2-4-6-7;1-2-3-4-6-5-7/h2-6H2,1H3;5H,2-4H2,1H3,(H,6,7). The Hall–Kier alpha value is -0.570. The number of carbonyl (C=O) groups excluding carboxylic acids is 1. The lowest BCUT2D eigenvalue weighted by atomic mass is 10.1. The van der Waals surface area contributed by atoms with Gasteiger partial charge < -0.3 is 10.2 Å². The molecule has 1 heterocycles. The molecule has 0 aromatic rings.